The predicted octanol–water partition coefficient (Wildman–Crippen LogP) is 6.56. The van der Waals surface area contributed by atoms with E-state index < -0.39 is 11.6 Å². The number of likely N-dealkylation sites (tertiary alicyclic amines) is 1. The van der Waals surface area contributed by atoms with Crippen molar-refractivity contribution in [1.29, 1.82) is 0 Å². The number of nitrogens with one attached hydrogen (secondary N) is 1. The van der Waals surface area contributed by atoms with Gasteiger partial charge in [0.1, 0.15) is 28.7 Å². The third kappa shape index (κ3) is 4.30. The molecule has 0 radical (unpaired) electrons. The molecule has 1 saturated heterocycles. The minimum absolute atomic E-state index is 0.0443. The van der Waals surface area contributed by atoms with Crippen LogP contribution >= 0.6 is 0 Å². The number of H-pyrrole nitrogens is 1. The Morgan fingerprint density at radius 1 is 1.06 bits per heavy atom. The van der Waals surface area contributed by atoms with Crippen LogP contribution in [-0.2, 0) is 0 Å². The van der Waals surface area contributed by atoms with Crippen molar-refractivity contribution in [3.05, 3.63) is 59.4 Å². The van der Waals surface area contributed by atoms with Gasteiger partial charge >= 0.3 is 0 Å². The highest BCUT2D eigenvalue weighted by atomic mass is 19.1. The number of hydrogen-bond acceptors (Lipinski definition) is 3. The third-order valence-electron chi connectivity index (χ3n) is 8.21. The molecule has 6 rings (SSSR count). The van der Waals surface area contributed by atoms with Gasteiger partial charge in [-0.05, 0) is 61.8 Å². The molecule has 1 aliphatic heterocycles. The van der Waals surface area contributed by atoms with Gasteiger partial charge in [0.15, 0.2) is 0 Å². The zero-order valence-corrected chi connectivity index (χ0v) is 19.8. The normalized spacial score (nSPS) is 24.4. The van der Waals surface area contributed by atoms with Gasteiger partial charge in [0, 0.05) is 17.7 Å². The number of aromatic nitrogens is 2. The van der Waals surface area contributed by atoms with E-state index in [4.69, 9.17) is 9.72 Å². The van der Waals surface area contributed by atoms with Crippen molar-refractivity contribution in [3.63, 3.8) is 0 Å². The van der Waals surface area contributed by atoms with Crippen molar-refractivity contribution in [2.24, 2.45) is 11.8 Å². The number of carbonyl (C=O) groups is 1. The summed E-state index contributed by atoms with van der Waals surface area (Å²) in [6.07, 6.45) is 10.5. The molecular formula is C28H31F2N3O2. The van der Waals surface area contributed by atoms with Crippen LogP contribution in [0.5, 0.6) is 5.75 Å². The number of rotatable bonds is 6. The largest absolute Gasteiger partial charge is 0.491 e. The van der Waals surface area contributed by atoms with E-state index in [-0.39, 0.29) is 29.5 Å². The molecule has 0 spiro atoms. The van der Waals surface area contributed by atoms with E-state index in [1.807, 2.05) is 18.2 Å². The summed E-state index contributed by atoms with van der Waals surface area (Å²) in [4.78, 5) is 23.6. The first-order chi connectivity index (χ1) is 17.1. The average molecular weight is 480 g/mol. The molecule has 2 heterocycles. The summed E-state index contributed by atoms with van der Waals surface area (Å²) in [7, 11) is 0. The Balaban J connectivity index is 1.25. The molecule has 3 atom stereocenters. The van der Waals surface area contributed by atoms with Crippen LogP contribution in [0.15, 0.2) is 36.4 Å². The quantitative estimate of drug-likeness (QED) is 0.436. The number of hydrogen-bond donors (Lipinski definition) is 1. The first-order valence-electron chi connectivity index (χ1n) is 13.0. The number of para-hydroxylation sites is 1. The van der Waals surface area contributed by atoms with E-state index in [9.17, 15) is 13.6 Å². The molecule has 3 aromatic rings. The molecular weight excluding hydrogens is 448 g/mol. The van der Waals surface area contributed by atoms with Gasteiger partial charge < -0.3 is 14.6 Å². The summed E-state index contributed by atoms with van der Waals surface area (Å²) in [5.41, 5.74) is 1.70. The van der Waals surface area contributed by atoms with Crippen LogP contribution < -0.4 is 4.74 Å². The Morgan fingerprint density at radius 3 is 2.66 bits per heavy atom. The number of amides is 1. The van der Waals surface area contributed by atoms with Gasteiger partial charge in [-0.25, -0.2) is 13.8 Å². The molecule has 35 heavy (non-hydrogen) atoms. The van der Waals surface area contributed by atoms with E-state index in [0.717, 1.165) is 72.4 Å². The average Bonchev–Trinajstić information content (AvgIpc) is 3.58. The summed E-state index contributed by atoms with van der Waals surface area (Å²) in [5, 5.41) is 0. The third-order valence-corrected chi connectivity index (χ3v) is 8.21. The zero-order chi connectivity index (χ0) is 23.9. The lowest BCUT2D eigenvalue weighted by molar-refractivity contribution is 0.0578. The van der Waals surface area contributed by atoms with E-state index in [0.29, 0.717) is 6.61 Å². The summed E-state index contributed by atoms with van der Waals surface area (Å²) in [6, 6.07) is 8.72. The van der Waals surface area contributed by atoms with Crippen molar-refractivity contribution >= 4 is 16.9 Å². The van der Waals surface area contributed by atoms with Gasteiger partial charge in [0.2, 0.25) is 0 Å². The molecule has 184 valence electrons. The standard InChI is InChI=1S/C28H31F2N3O2/c29-20-13-19(14-21(30)16-20)28(34)33-22-10-9-18(15-22)26(33)27-31-23-7-4-8-24(25(23)32-27)35-12-11-17-5-2-1-3-6-17/h4,7-8,13-14,16-18,22,26H,1-3,5-6,9-12,15H2,(H,31,32)/t18-,22+,26-/m0/s1. The number of carbonyl (C=O) groups excluding carboxylic acids is 1. The van der Waals surface area contributed by atoms with Gasteiger partial charge in [-0.2, -0.15) is 0 Å². The van der Waals surface area contributed by atoms with Gasteiger partial charge in [0.05, 0.1) is 18.2 Å². The molecule has 5 nitrogen and oxygen atoms in total. The molecule has 1 amide bonds. The molecule has 1 N–H and O–H groups in total. The fraction of sp³-hybridized carbons (Fsp3) is 0.500. The minimum Gasteiger partial charge on any atom is -0.491 e. The first kappa shape index (κ1) is 22.5. The number of nitrogens with zero attached hydrogens (tertiary/aromatic N) is 2. The minimum atomic E-state index is -0.743. The Kier molecular flexibility index (Phi) is 5.94. The first-order valence-corrected chi connectivity index (χ1v) is 13.0. The van der Waals surface area contributed by atoms with Crippen LogP contribution in [-0.4, -0.2) is 33.4 Å². The molecule has 2 aliphatic carbocycles. The molecule has 3 fully saturated rings. The Morgan fingerprint density at radius 2 is 1.86 bits per heavy atom. The number of benzene rings is 2. The van der Waals surface area contributed by atoms with Crippen molar-refractivity contribution in [1.82, 2.24) is 14.9 Å². The van der Waals surface area contributed by atoms with Crippen LogP contribution in [0.1, 0.15) is 80.0 Å². The van der Waals surface area contributed by atoms with Crippen LogP contribution in [0.25, 0.3) is 11.0 Å². The number of fused-ring (bicyclic) bond motifs is 3. The second kappa shape index (κ2) is 9.25. The van der Waals surface area contributed by atoms with E-state index in [2.05, 4.69) is 4.98 Å². The van der Waals surface area contributed by atoms with Crippen LogP contribution in [0.2, 0.25) is 0 Å². The second-order valence-corrected chi connectivity index (χ2v) is 10.5. The van der Waals surface area contributed by atoms with Crippen molar-refractivity contribution in [2.45, 2.75) is 69.9 Å². The highest BCUT2D eigenvalue weighted by Gasteiger charge is 2.50. The lowest BCUT2D eigenvalue weighted by Gasteiger charge is -2.34. The van der Waals surface area contributed by atoms with Gasteiger partial charge in [-0.3, -0.25) is 4.79 Å². The van der Waals surface area contributed by atoms with E-state index in [1.165, 1.54) is 32.1 Å². The summed E-state index contributed by atoms with van der Waals surface area (Å²) >= 11 is 0. The molecule has 2 saturated carbocycles. The lowest BCUT2D eigenvalue weighted by atomic mass is 9.87. The summed E-state index contributed by atoms with van der Waals surface area (Å²) in [6.45, 7) is 0.676. The zero-order valence-electron chi connectivity index (χ0n) is 19.8. The topological polar surface area (TPSA) is 58.2 Å². The van der Waals surface area contributed by atoms with Crippen molar-refractivity contribution < 1.29 is 18.3 Å². The van der Waals surface area contributed by atoms with Crippen LogP contribution in [0.3, 0.4) is 0 Å². The van der Waals surface area contributed by atoms with Gasteiger partial charge in [-0.15, -0.1) is 0 Å². The fourth-order valence-corrected chi connectivity index (χ4v) is 6.55. The van der Waals surface area contributed by atoms with Crippen molar-refractivity contribution in [3.8, 4) is 5.75 Å². The lowest BCUT2D eigenvalue weighted by Crippen LogP contribution is -2.40. The van der Waals surface area contributed by atoms with Crippen LogP contribution in [0, 0.1) is 23.5 Å². The molecule has 3 aliphatic rings. The van der Waals surface area contributed by atoms with E-state index in [1.54, 1.807) is 4.90 Å². The maximum atomic E-state index is 13.8. The van der Waals surface area contributed by atoms with Crippen LogP contribution in [0.4, 0.5) is 8.78 Å². The molecule has 0 unspecified atom stereocenters. The summed E-state index contributed by atoms with van der Waals surface area (Å²) in [5.74, 6) is 0.679. The van der Waals surface area contributed by atoms with E-state index >= 15 is 0 Å². The highest BCUT2D eigenvalue weighted by molar-refractivity contribution is 5.95. The fourth-order valence-electron chi connectivity index (χ4n) is 6.55. The number of imidazole rings is 1. The molecule has 2 aromatic carbocycles. The Hall–Kier alpha value is -2.96. The summed E-state index contributed by atoms with van der Waals surface area (Å²) < 4.78 is 33.9. The van der Waals surface area contributed by atoms with Gasteiger partial charge in [0.25, 0.3) is 5.91 Å². The van der Waals surface area contributed by atoms with Crippen molar-refractivity contribution in [2.75, 3.05) is 6.61 Å². The maximum Gasteiger partial charge on any atom is 0.254 e. The maximum absolute atomic E-state index is 13.8. The molecule has 2 bridgehead atoms. The number of aromatic amines is 1. The SMILES string of the molecule is O=C(c1cc(F)cc(F)c1)N1[C@@H]2CC[C@@H](C2)[C@H]1c1nc2c(OCCC3CCCCC3)cccc2[nH]1. The van der Waals surface area contributed by atoms with Gasteiger partial charge in [-0.1, -0.05) is 38.2 Å². The monoisotopic (exact) mass is 479 g/mol. The highest BCUT2D eigenvalue weighted by Crippen LogP contribution is 2.50. The Bertz CT molecular complexity index is 1220. The Labute approximate surface area is 203 Å². The smallest absolute Gasteiger partial charge is 0.254 e. The predicted molar refractivity (Wildman–Crippen MR) is 129 cm³/mol. The number of piperidine rings is 1. The number of ether oxygens (including phenoxy) is 1. The number of halogens is 2. The molecule has 7 heteroatoms. The molecule has 1 aromatic heterocycles. The second-order valence-electron chi connectivity index (χ2n) is 10.5.